The molecule has 0 N–H and O–H groups in total. The summed E-state index contributed by atoms with van der Waals surface area (Å²) in [5.41, 5.74) is 9.98. The van der Waals surface area contributed by atoms with Crippen molar-refractivity contribution in [1.82, 2.24) is 0 Å². The number of halogens is 3. The van der Waals surface area contributed by atoms with E-state index in [0.717, 1.165) is 40.3 Å². The summed E-state index contributed by atoms with van der Waals surface area (Å²) in [5.74, 6) is 2.79. The molecule has 0 bridgehead atoms. The third-order valence-corrected chi connectivity index (χ3v) is 10.8. The van der Waals surface area contributed by atoms with Crippen molar-refractivity contribution in [1.29, 1.82) is 0 Å². The highest BCUT2D eigenvalue weighted by molar-refractivity contribution is 7.82. The van der Waals surface area contributed by atoms with Crippen LogP contribution in [0.2, 0.25) is 0 Å². The molecule has 8 rings (SSSR count). The molecule has 0 aromatic heterocycles. The lowest BCUT2D eigenvalue weighted by Gasteiger charge is -2.30. The number of alkyl halides is 3. The zero-order chi connectivity index (χ0) is 27.4. The van der Waals surface area contributed by atoms with Crippen LogP contribution in [0.3, 0.4) is 0 Å². The number of fused-ring (bicyclic) bond motifs is 10. The third-order valence-electron chi connectivity index (χ3n) is 8.05. The Bertz CT molecular complexity index is 1880. The van der Waals surface area contributed by atoms with E-state index in [1.165, 1.54) is 44.2 Å². The van der Waals surface area contributed by atoms with Gasteiger partial charge in [-0.2, -0.15) is 0 Å². The second kappa shape index (κ2) is 10.1. The summed E-state index contributed by atoms with van der Waals surface area (Å²) in [6.45, 7) is 0.550. The predicted molar refractivity (Wildman–Crippen MR) is 170 cm³/mol. The lowest BCUT2D eigenvalue weighted by atomic mass is 9.77. The van der Waals surface area contributed by atoms with Crippen LogP contribution >= 0.6 is 41.9 Å². The quantitative estimate of drug-likeness (QED) is 0.141. The number of hydrogen-bond acceptors (Lipinski definition) is 2. The first kappa shape index (κ1) is 25.9. The van der Waals surface area contributed by atoms with Gasteiger partial charge in [-0.1, -0.05) is 114 Å². The molecule has 198 valence electrons. The highest BCUT2D eigenvalue weighted by Crippen LogP contribution is 2.55. The normalized spacial score (nSPS) is 17.6. The van der Waals surface area contributed by atoms with Gasteiger partial charge in [0.05, 0.1) is 0 Å². The Morgan fingerprint density at radius 3 is 2.20 bits per heavy atom. The minimum Gasteiger partial charge on any atom is -0.488 e. The van der Waals surface area contributed by atoms with Crippen LogP contribution in [0.5, 0.6) is 5.75 Å². The molecular formula is C34H24Cl3O2P. The van der Waals surface area contributed by atoms with Crippen molar-refractivity contribution in [3.05, 3.63) is 119 Å². The van der Waals surface area contributed by atoms with Gasteiger partial charge in [0.2, 0.25) is 0 Å². The van der Waals surface area contributed by atoms with E-state index < -0.39 is 11.4 Å². The second-order valence-corrected chi connectivity index (χ2v) is 14.8. The lowest BCUT2D eigenvalue weighted by Crippen LogP contribution is -2.17. The van der Waals surface area contributed by atoms with Crippen molar-refractivity contribution in [2.24, 2.45) is 0 Å². The predicted octanol–water partition coefficient (Wildman–Crippen LogP) is 9.45. The monoisotopic (exact) mass is 600 g/mol. The summed E-state index contributed by atoms with van der Waals surface area (Å²) in [5, 5.41) is 4.36. The van der Waals surface area contributed by atoms with Crippen LogP contribution in [0.1, 0.15) is 22.3 Å². The van der Waals surface area contributed by atoms with E-state index in [2.05, 4.69) is 60.7 Å². The summed E-state index contributed by atoms with van der Waals surface area (Å²) in [6, 6.07) is 31.9. The van der Waals surface area contributed by atoms with Crippen LogP contribution in [-0.4, -0.2) is 4.30 Å². The minimum atomic E-state index is -2.84. The van der Waals surface area contributed by atoms with Crippen LogP contribution in [0.15, 0.2) is 96.8 Å². The van der Waals surface area contributed by atoms with E-state index in [9.17, 15) is 4.57 Å². The fraction of sp³-hybridized carbons (Fsp3) is 0.118. The molecule has 0 fully saturated rings. The maximum atomic E-state index is 14.4. The Kier molecular flexibility index (Phi) is 6.56. The van der Waals surface area contributed by atoms with E-state index in [0.29, 0.717) is 6.61 Å². The molecule has 0 unspecified atom stereocenters. The molecular weight excluding hydrogens is 578 g/mol. The smallest absolute Gasteiger partial charge is 0.180 e. The summed E-state index contributed by atoms with van der Waals surface area (Å²) in [4.78, 5) is 0. The van der Waals surface area contributed by atoms with Gasteiger partial charge in [0.1, 0.15) is 12.4 Å². The standard InChI is InChI=1S/C33H23O2P.CHCl3/c34-36(26-7-2-1-3-8-26)17-16-24-18-29-28(19-30(24)36)32-25(20-35-29)15-14-23-13-12-22-11-10-21-6-4-5-9-27(21)31(22)33(23)32;2-1(3)4/h1-11,14-19H,12-13,20H2;1H/t36-;/m0./s1. The molecule has 6 heteroatoms. The summed E-state index contributed by atoms with van der Waals surface area (Å²) in [7, 11) is -2.84. The molecule has 5 aromatic rings. The molecule has 5 aromatic carbocycles. The zero-order valence-corrected chi connectivity index (χ0v) is 24.6. The van der Waals surface area contributed by atoms with Crippen molar-refractivity contribution >= 4 is 69.4 Å². The van der Waals surface area contributed by atoms with Gasteiger partial charge < -0.3 is 9.30 Å². The fourth-order valence-corrected chi connectivity index (χ4v) is 8.76. The summed E-state index contributed by atoms with van der Waals surface area (Å²) in [6.07, 6.45) is 4.08. The minimum absolute atomic E-state index is 0.550. The molecule has 0 saturated heterocycles. The Hall–Kier alpha value is -3.00. The Labute approximate surface area is 248 Å². The highest BCUT2D eigenvalue weighted by Gasteiger charge is 2.35. The van der Waals surface area contributed by atoms with E-state index >= 15 is 0 Å². The van der Waals surface area contributed by atoms with Crippen LogP contribution < -0.4 is 15.3 Å². The van der Waals surface area contributed by atoms with Gasteiger partial charge in [0.25, 0.3) is 0 Å². The van der Waals surface area contributed by atoms with Gasteiger partial charge in [-0.05, 0) is 81.0 Å². The Balaban J connectivity index is 0.000000623. The number of aryl methyl sites for hydroxylation is 2. The SMILES string of the molecule is ClC(Cl)Cl.O=[P@]1(c2ccccc2)C=Cc2cc3c(cc21)-c1c(ccc2c1-c1c(ccc4ccccc14)CC2)CO3. The number of hydrogen-bond donors (Lipinski definition) is 0. The Morgan fingerprint density at radius 1 is 0.725 bits per heavy atom. The van der Waals surface area contributed by atoms with Gasteiger partial charge in [-0.25, -0.2) is 0 Å². The number of benzene rings is 5. The van der Waals surface area contributed by atoms with Crippen LogP contribution in [-0.2, 0) is 24.0 Å². The van der Waals surface area contributed by atoms with Crippen molar-refractivity contribution < 1.29 is 9.30 Å². The van der Waals surface area contributed by atoms with E-state index in [-0.39, 0.29) is 0 Å². The third kappa shape index (κ3) is 4.21. The first-order valence-corrected chi connectivity index (χ1v) is 16.3. The summed E-state index contributed by atoms with van der Waals surface area (Å²) >= 11 is 14.4. The van der Waals surface area contributed by atoms with Crippen molar-refractivity contribution in [2.75, 3.05) is 0 Å². The van der Waals surface area contributed by atoms with E-state index in [1.807, 2.05) is 42.2 Å². The zero-order valence-electron chi connectivity index (χ0n) is 21.4. The summed E-state index contributed by atoms with van der Waals surface area (Å²) < 4.78 is 19.9. The van der Waals surface area contributed by atoms with Crippen molar-refractivity contribution in [2.45, 2.75) is 23.7 Å². The van der Waals surface area contributed by atoms with Gasteiger partial charge >= 0.3 is 0 Å². The average Bonchev–Trinajstić information content (AvgIpc) is 3.31. The Morgan fingerprint density at radius 2 is 1.40 bits per heavy atom. The fourth-order valence-electron chi connectivity index (χ4n) is 6.32. The first-order chi connectivity index (χ1) is 19.4. The molecule has 2 nitrogen and oxygen atoms in total. The molecule has 0 amide bonds. The van der Waals surface area contributed by atoms with Crippen LogP contribution in [0.25, 0.3) is 39.1 Å². The number of rotatable bonds is 1. The largest absolute Gasteiger partial charge is 0.488 e. The molecule has 1 aliphatic carbocycles. The topological polar surface area (TPSA) is 26.3 Å². The van der Waals surface area contributed by atoms with Crippen LogP contribution in [0.4, 0.5) is 0 Å². The van der Waals surface area contributed by atoms with E-state index in [4.69, 9.17) is 39.5 Å². The first-order valence-electron chi connectivity index (χ1n) is 13.2. The maximum Gasteiger partial charge on any atom is 0.180 e. The average molecular weight is 602 g/mol. The molecule has 40 heavy (non-hydrogen) atoms. The molecule has 2 aliphatic heterocycles. The van der Waals surface area contributed by atoms with Crippen LogP contribution in [0, 0.1) is 0 Å². The van der Waals surface area contributed by atoms with Crippen molar-refractivity contribution in [3.8, 4) is 28.0 Å². The van der Waals surface area contributed by atoms with Crippen molar-refractivity contribution in [3.63, 3.8) is 0 Å². The molecule has 3 aliphatic rings. The van der Waals surface area contributed by atoms with Gasteiger partial charge in [-0.15, -0.1) is 0 Å². The maximum absolute atomic E-state index is 14.4. The van der Waals surface area contributed by atoms with E-state index in [1.54, 1.807) is 0 Å². The number of ether oxygens (including phenoxy) is 1. The molecule has 0 spiro atoms. The second-order valence-electron chi connectivity index (χ2n) is 10.2. The molecule has 2 heterocycles. The van der Waals surface area contributed by atoms with Gasteiger partial charge in [0.15, 0.2) is 11.4 Å². The molecule has 1 atom stereocenters. The molecule has 0 radical (unpaired) electrons. The molecule has 0 saturated carbocycles. The highest BCUT2D eigenvalue weighted by atomic mass is 35.6. The van der Waals surface area contributed by atoms with Gasteiger partial charge in [0, 0.05) is 21.7 Å². The lowest BCUT2D eigenvalue weighted by molar-refractivity contribution is 0.302. The van der Waals surface area contributed by atoms with Gasteiger partial charge in [-0.3, -0.25) is 0 Å².